The van der Waals surface area contributed by atoms with Crippen LogP contribution in [0.4, 0.5) is 5.82 Å². The zero-order valence-corrected chi connectivity index (χ0v) is 18.2. The molecule has 3 fully saturated rings. The van der Waals surface area contributed by atoms with E-state index in [4.69, 9.17) is 0 Å². The Labute approximate surface area is 181 Å². The first-order valence-electron chi connectivity index (χ1n) is 10.5. The molecule has 0 bridgehead atoms. The Morgan fingerprint density at radius 2 is 1.82 bits per heavy atom. The Balaban J connectivity index is 0.00000140. The summed E-state index contributed by atoms with van der Waals surface area (Å²) in [5.41, 5.74) is 1.08. The molecule has 1 aromatic heterocycles. The summed E-state index contributed by atoms with van der Waals surface area (Å²) in [4.78, 5) is 19.5. The maximum absolute atomic E-state index is 12.5. The highest BCUT2D eigenvalue weighted by molar-refractivity contribution is 5.85. The number of carbonyl (C=O) groups excluding carboxylic acids is 1. The van der Waals surface area contributed by atoms with E-state index in [0.29, 0.717) is 18.5 Å². The molecule has 3 heterocycles. The van der Waals surface area contributed by atoms with E-state index in [1.807, 2.05) is 6.20 Å². The zero-order chi connectivity index (χ0) is 17.8. The fourth-order valence-electron chi connectivity index (χ4n) is 4.84. The molecule has 5 nitrogen and oxygen atoms in total. The van der Waals surface area contributed by atoms with Crippen LogP contribution in [0.2, 0.25) is 0 Å². The maximum atomic E-state index is 12.5. The minimum absolute atomic E-state index is 0. The lowest BCUT2D eigenvalue weighted by Gasteiger charge is -2.24. The van der Waals surface area contributed by atoms with E-state index in [1.165, 1.54) is 51.4 Å². The summed E-state index contributed by atoms with van der Waals surface area (Å²) < 4.78 is 0. The van der Waals surface area contributed by atoms with Crippen LogP contribution in [0.25, 0.3) is 0 Å². The molecule has 28 heavy (non-hydrogen) atoms. The van der Waals surface area contributed by atoms with Gasteiger partial charge in [0.05, 0.1) is 6.04 Å². The van der Waals surface area contributed by atoms with E-state index in [2.05, 4.69) is 32.7 Å². The largest absolute Gasteiger partial charge is 0.357 e. The van der Waals surface area contributed by atoms with Gasteiger partial charge in [0.2, 0.25) is 5.91 Å². The third-order valence-corrected chi connectivity index (χ3v) is 6.39. The Kier molecular flexibility index (Phi) is 9.32. The standard InChI is InChI=1S/C21H32N4O.2ClH/c26-21(19-13-17-7-3-4-8-18(17)24-19)23-15-16-9-10-20(22-14-16)25-11-5-1-2-6-12-25;;/h9-10,14,17-19,24H,1-8,11-13,15H2,(H,23,26);2*1H. The van der Waals surface area contributed by atoms with Crippen molar-refractivity contribution in [3.8, 4) is 0 Å². The number of nitrogens with one attached hydrogen (secondary N) is 2. The van der Waals surface area contributed by atoms with Gasteiger partial charge in [0, 0.05) is 31.9 Å². The predicted molar refractivity (Wildman–Crippen MR) is 119 cm³/mol. The van der Waals surface area contributed by atoms with Crippen molar-refractivity contribution in [2.24, 2.45) is 5.92 Å². The van der Waals surface area contributed by atoms with E-state index >= 15 is 0 Å². The molecule has 1 saturated carbocycles. The van der Waals surface area contributed by atoms with Crippen LogP contribution < -0.4 is 15.5 Å². The SMILES string of the molecule is Cl.Cl.O=C(NCc1ccc(N2CCCCCC2)nc1)C1CC2CCCCC2N1. The maximum Gasteiger partial charge on any atom is 0.237 e. The minimum atomic E-state index is -0.00701. The van der Waals surface area contributed by atoms with Gasteiger partial charge in [-0.3, -0.25) is 4.79 Å². The Morgan fingerprint density at radius 1 is 1.07 bits per heavy atom. The number of pyridine rings is 1. The van der Waals surface area contributed by atoms with Crippen LogP contribution in [-0.4, -0.2) is 36.1 Å². The van der Waals surface area contributed by atoms with Gasteiger partial charge >= 0.3 is 0 Å². The molecule has 0 spiro atoms. The number of amides is 1. The summed E-state index contributed by atoms with van der Waals surface area (Å²) >= 11 is 0. The summed E-state index contributed by atoms with van der Waals surface area (Å²) in [6.45, 7) is 2.79. The number of halogens is 2. The quantitative estimate of drug-likeness (QED) is 0.764. The molecular weight excluding hydrogens is 395 g/mol. The van der Waals surface area contributed by atoms with E-state index in [0.717, 1.165) is 30.9 Å². The molecule has 2 saturated heterocycles. The van der Waals surface area contributed by atoms with Gasteiger partial charge in [-0.1, -0.05) is 31.7 Å². The van der Waals surface area contributed by atoms with Crippen LogP contribution in [0.5, 0.6) is 0 Å². The molecule has 158 valence electrons. The fraction of sp³-hybridized carbons (Fsp3) is 0.714. The van der Waals surface area contributed by atoms with Crippen molar-refractivity contribution in [2.75, 3.05) is 18.0 Å². The predicted octanol–water partition coefficient (Wildman–Crippen LogP) is 3.84. The van der Waals surface area contributed by atoms with Crippen molar-refractivity contribution < 1.29 is 4.79 Å². The molecule has 7 heteroatoms. The van der Waals surface area contributed by atoms with Crippen LogP contribution in [0.3, 0.4) is 0 Å². The van der Waals surface area contributed by atoms with E-state index in [1.54, 1.807) is 0 Å². The topological polar surface area (TPSA) is 57.3 Å². The Bertz CT molecular complexity index is 591. The lowest BCUT2D eigenvalue weighted by molar-refractivity contribution is -0.123. The lowest BCUT2D eigenvalue weighted by atomic mass is 9.85. The zero-order valence-electron chi connectivity index (χ0n) is 16.6. The van der Waals surface area contributed by atoms with Crippen molar-refractivity contribution >= 4 is 36.5 Å². The first-order valence-corrected chi connectivity index (χ1v) is 10.5. The molecule has 3 atom stereocenters. The molecule has 2 aliphatic heterocycles. The van der Waals surface area contributed by atoms with Crippen molar-refractivity contribution in [3.05, 3.63) is 23.9 Å². The molecule has 3 aliphatic rings. The number of fused-ring (bicyclic) bond motifs is 1. The van der Waals surface area contributed by atoms with Crippen LogP contribution >= 0.6 is 24.8 Å². The summed E-state index contributed by atoms with van der Waals surface area (Å²) in [6.07, 6.45) is 13.2. The first kappa shape index (κ1) is 23.2. The second-order valence-corrected chi connectivity index (χ2v) is 8.25. The summed E-state index contributed by atoms with van der Waals surface area (Å²) in [5, 5.41) is 6.66. The van der Waals surface area contributed by atoms with Gasteiger partial charge < -0.3 is 15.5 Å². The smallest absolute Gasteiger partial charge is 0.237 e. The third-order valence-electron chi connectivity index (χ3n) is 6.39. The molecule has 1 amide bonds. The highest BCUT2D eigenvalue weighted by atomic mass is 35.5. The lowest BCUT2D eigenvalue weighted by Crippen LogP contribution is -2.42. The number of aromatic nitrogens is 1. The summed E-state index contributed by atoms with van der Waals surface area (Å²) in [5.74, 6) is 1.92. The third kappa shape index (κ3) is 5.74. The monoisotopic (exact) mass is 428 g/mol. The van der Waals surface area contributed by atoms with Gasteiger partial charge in [-0.2, -0.15) is 0 Å². The van der Waals surface area contributed by atoms with E-state index in [-0.39, 0.29) is 36.8 Å². The Hall–Kier alpha value is -1.04. The highest BCUT2D eigenvalue weighted by Crippen LogP contribution is 2.33. The molecule has 3 unspecified atom stereocenters. The van der Waals surface area contributed by atoms with Crippen molar-refractivity contribution in [1.29, 1.82) is 0 Å². The van der Waals surface area contributed by atoms with Gasteiger partial charge in [0.25, 0.3) is 0 Å². The second kappa shape index (κ2) is 11.2. The minimum Gasteiger partial charge on any atom is -0.357 e. The first-order chi connectivity index (χ1) is 12.8. The molecule has 1 aliphatic carbocycles. The van der Waals surface area contributed by atoms with Crippen molar-refractivity contribution in [1.82, 2.24) is 15.6 Å². The van der Waals surface area contributed by atoms with Crippen LogP contribution in [0, 0.1) is 5.92 Å². The summed E-state index contributed by atoms with van der Waals surface area (Å²) in [6, 6.07) is 4.77. The van der Waals surface area contributed by atoms with Crippen LogP contribution in [-0.2, 0) is 11.3 Å². The molecule has 0 aromatic carbocycles. The average Bonchev–Trinajstić information content (AvgIpc) is 2.93. The van der Waals surface area contributed by atoms with Crippen molar-refractivity contribution in [2.45, 2.75) is 76.4 Å². The molecule has 4 rings (SSSR count). The number of anilines is 1. The van der Waals surface area contributed by atoms with E-state index in [9.17, 15) is 4.79 Å². The average molecular weight is 429 g/mol. The molecule has 1 aromatic rings. The van der Waals surface area contributed by atoms with Gasteiger partial charge in [-0.15, -0.1) is 24.8 Å². The summed E-state index contributed by atoms with van der Waals surface area (Å²) in [7, 11) is 0. The van der Waals surface area contributed by atoms with Gasteiger partial charge in [0.1, 0.15) is 5.82 Å². The number of carbonyl (C=O) groups is 1. The normalized spacial score (nSPS) is 27.0. The van der Waals surface area contributed by atoms with Crippen molar-refractivity contribution in [3.63, 3.8) is 0 Å². The second-order valence-electron chi connectivity index (χ2n) is 8.25. The number of hydrogen-bond acceptors (Lipinski definition) is 4. The van der Waals surface area contributed by atoms with Gasteiger partial charge in [-0.25, -0.2) is 4.98 Å². The van der Waals surface area contributed by atoms with E-state index < -0.39 is 0 Å². The van der Waals surface area contributed by atoms with Crippen LogP contribution in [0.1, 0.15) is 63.4 Å². The van der Waals surface area contributed by atoms with Gasteiger partial charge in [0.15, 0.2) is 0 Å². The number of nitrogens with zero attached hydrogens (tertiary/aromatic N) is 2. The molecule has 2 N–H and O–H groups in total. The molecular formula is C21H34Cl2N4O. The highest BCUT2D eigenvalue weighted by Gasteiger charge is 2.37. The molecule has 0 radical (unpaired) electrons. The fourth-order valence-corrected chi connectivity index (χ4v) is 4.84. The number of hydrogen-bond donors (Lipinski definition) is 2. The van der Waals surface area contributed by atoms with Crippen LogP contribution in [0.15, 0.2) is 18.3 Å². The number of rotatable bonds is 4. The van der Waals surface area contributed by atoms with Gasteiger partial charge in [-0.05, 0) is 49.7 Å². The Morgan fingerprint density at radius 3 is 2.50 bits per heavy atom.